The number of carbonyl (C=O) groups excluding carboxylic acids is 1. The second kappa shape index (κ2) is 8.67. The van der Waals surface area contributed by atoms with Crippen LogP contribution in [0, 0.1) is 6.92 Å². The normalized spacial score (nSPS) is 15.2. The summed E-state index contributed by atoms with van der Waals surface area (Å²) in [7, 11) is -3.77. The predicted molar refractivity (Wildman–Crippen MR) is 106 cm³/mol. The van der Waals surface area contributed by atoms with Gasteiger partial charge in [-0.1, -0.05) is 60.9 Å². The molecule has 1 fully saturated rings. The number of carbonyl (C=O) groups is 1. The van der Waals surface area contributed by atoms with Crippen LogP contribution in [0.2, 0.25) is 0 Å². The van der Waals surface area contributed by atoms with E-state index in [2.05, 4.69) is 5.32 Å². The molecule has 0 atom stereocenters. The number of rotatable bonds is 7. The van der Waals surface area contributed by atoms with Crippen LogP contribution in [0.15, 0.2) is 59.5 Å². The Balaban J connectivity index is 1.81. The SMILES string of the molecule is Cc1ccc(S(=O)(=O)N(CC(=O)NC2CCCC2)Cc2ccccc2)cc1. The number of hydrogen-bond acceptors (Lipinski definition) is 3. The maximum atomic E-state index is 13.2. The predicted octanol–water partition coefficient (Wildman–Crippen LogP) is 3.24. The van der Waals surface area contributed by atoms with Gasteiger partial charge in [-0.15, -0.1) is 0 Å². The molecule has 5 nitrogen and oxygen atoms in total. The van der Waals surface area contributed by atoms with Gasteiger partial charge in [0, 0.05) is 12.6 Å². The Hall–Kier alpha value is -2.18. The van der Waals surface area contributed by atoms with Gasteiger partial charge in [0.2, 0.25) is 15.9 Å². The van der Waals surface area contributed by atoms with Gasteiger partial charge >= 0.3 is 0 Å². The van der Waals surface area contributed by atoms with Gasteiger partial charge in [0.15, 0.2) is 0 Å². The number of aryl methyl sites for hydroxylation is 1. The third kappa shape index (κ3) is 5.17. The van der Waals surface area contributed by atoms with E-state index in [1.807, 2.05) is 37.3 Å². The monoisotopic (exact) mass is 386 g/mol. The average molecular weight is 387 g/mol. The highest BCUT2D eigenvalue weighted by atomic mass is 32.2. The Morgan fingerprint density at radius 1 is 1.04 bits per heavy atom. The third-order valence-electron chi connectivity index (χ3n) is 4.90. The van der Waals surface area contributed by atoms with Crippen LogP contribution < -0.4 is 5.32 Å². The number of hydrogen-bond donors (Lipinski definition) is 1. The molecule has 1 saturated carbocycles. The number of benzene rings is 2. The van der Waals surface area contributed by atoms with Crippen molar-refractivity contribution in [1.29, 1.82) is 0 Å². The van der Waals surface area contributed by atoms with Crippen molar-refractivity contribution in [3.05, 3.63) is 65.7 Å². The van der Waals surface area contributed by atoms with Crippen molar-refractivity contribution in [2.75, 3.05) is 6.54 Å². The van der Waals surface area contributed by atoms with E-state index in [4.69, 9.17) is 0 Å². The first kappa shape index (κ1) is 19.6. The molecule has 6 heteroatoms. The summed E-state index contributed by atoms with van der Waals surface area (Å²) in [5.74, 6) is -0.242. The largest absolute Gasteiger partial charge is 0.352 e. The highest BCUT2D eigenvalue weighted by molar-refractivity contribution is 7.89. The van der Waals surface area contributed by atoms with E-state index in [-0.39, 0.29) is 29.9 Å². The summed E-state index contributed by atoms with van der Waals surface area (Å²) >= 11 is 0. The van der Waals surface area contributed by atoms with E-state index in [1.165, 1.54) is 4.31 Å². The summed E-state index contributed by atoms with van der Waals surface area (Å²) < 4.78 is 27.6. The first-order valence-electron chi connectivity index (χ1n) is 9.35. The summed E-state index contributed by atoms with van der Waals surface area (Å²) in [5, 5.41) is 2.98. The molecule has 3 rings (SSSR count). The van der Waals surface area contributed by atoms with Gasteiger partial charge in [0.25, 0.3) is 0 Å². The lowest BCUT2D eigenvalue weighted by Gasteiger charge is -2.23. The summed E-state index contributed by atoms with van der Waals surface area (Å²) in [6.45, 7) is 1.89. The maximum absolute atomic E-state index is 13.2. The second-order valence-corrected chi connectivity index (χ2v) is 9.06. The van der Waals surface area contributed by atoms with Crippen LogP contribution in [0.25, 0.3) is 0 Å². The van der Waals surface area contributed by atoms with E-state index in [1.54, 1.807) is 24.3 Å². The van der Waals surface area contributed by atoms with E-state index in [0.717, 1.165) is 36.8 Å². The van der Waals surface area contributed by atoms with E-state index < -0.39 is 10.0 Å². The Kier molecular flexibility index (Phi) is 6.29. The Labute approximate surface area is 161 Å². The zero-order valence-corrected chi connectivity index (χ0v) is 16.4. The highest BCUT2D eigenvalue weighted by Crippen LogP contribution is 2.20. The fraction of sp³-hybridized carbons (Fsp3) is 0.381. The number of nitrogens with zero attached hydrogens (tertiary/aromatic N) is 1. The van der Waals surface area contributed by atoms with Crippen LogP contribution in [0.4, 0.5) is 0 Å². The molecule has 0 aromatic heterocycles. The molecule has 2 aromatic rings. The first-order chi connectivity index (χ1) is 12.9. The Morgan fingerprint density at radius 2 is 1.67 bits per heavy atom. The van der Waals surface area contributed by atoms with E-state index in [0.29, 0.717) is 0 Å². The van der Waals surface area contributed by atoms with Crippen LogP contribution in [0.3, 0.4) is 0 Å². The molecule has 1 aliphatic rings. The standard InChI is InChI=1S/C21H26N2O3S/c1-17-11-13-20(14-12-17)27(25,26)23(15-18-7-3-2-4-8-18)16-21(24)22-19-9-5-6-10-19/h2-4,7-8,11-14,19H,5-6,9-10,15-16H2,1H3,(H,22,24). The topological polar surface area (TPSA) is 66.5 Å². The molecule has 1 N–H and O–H groups in total. The molecule has 0 unspecified atom stereocenters. The van der Waals surface area contributed by atoms with Crippen LogP contribution >= 0.6 is 0 Å². The van der Waals surface area contributed by atoms with Gasteiger partial charge in [-0.2, -0.15) is 4.31 Å². The van der Waals surface area contributed by atoms with Crippen molar-refractivity contribution in [2.45, 2.75) is 50.1 Å². The molecule has 1 aliphatic carbocycles. The summed E-state index contributed by atoms with van der Waals surface area (Å²) in [4.78, 5) is 12.7. The second-order valence-electron chi connectivity index (χ2n) is 7.12. The molecular formula is C21H26N2O3S. The van der Waals surface area contributed by atoms with Crippen molar-refractivity contribution >= 4 is 15.9 Å². The minimum atomic E-state index is -3.77. The van der Waals surface area contributed by atoms with Gasteiger partial charge in [-0.3, -0.25) is 4.79 Å². The highest BCUT2D eigenvalue weighted by Gasteiger charge is 2.28. The van der Waals surface area contributed by atoms with E-state index >= 15 is 0 Å². The quantitative estimate of drug-likeness (QED) is 0.794. The lowest BCUT2D eigenvalue weighted by atomic mass is 10.2. The maximum Gasteiger partial charge on any atom is 0.243 e. The van der Waals surface area contributed by atoms with Crippen molar-refractivity contribution in [2.24, 2.45) is 0 Å². The minimum absolute atomic E-state index is 0.162. The smallest absolute Gasteiger partial charge is 0.243 e. The summed E-state index contributed by atoms with van der Waals surface area (Å²) in [6, 6.07) is 16.2. The van der Waals surface area contributed by atoms with Crippen molar-refractivity contribution < 1.29 is 13.2 Å². The molecule has 0 saturated heterocycles. The Morgan fingerprint density at radius 3 is 2.30 bits per heavy atom. The average Bonchev–Trinajstić information content (AvgIpc) is 3.15. The molecule has 1 amide bonds. The number of amides is 1. The zero-order chi connectivity index (χ0) is 19.3. The van der Waals surface area contributed by atoms with Gasteiger partial charge < -0.3 is 5.32 Å². The third-order valence-corrected chi connectivity index (χ3v) is 6.71. The Bertz CT molecular complexity index is 858. The molecule has 2 aromatic carbocycles. The molecule has 0 spiro atoms. The lowest BCUT2D eigenvalue weighted by Crippen LogP contribution is -2.43. The summed E-state index contributed by atoms with van der Waals surface area (Å²) in [6.07, 6.45) is 4.16. The van der Waals surface area contributed by atoms with Crippen LogP contribution in [0.5, 0.6) is 0 Å². The first-order valence-corrected chi connectivity index (χ1v) is 10.8. The van der Waals surface area contributed by atoms with Crippen molar-refractivity contribution in [3.63, 3.8) is 0 Å². The molecule has 0 aliphatic heterocycles. The van der Waals surface area contributed by atoms with Gasteiger partial charge in [-0.25, -0.2) is 8.42 Å². The minimum Gasteiger partial charge on any atom is -0.352 e. The fourth-order valence-electron chi connectivity index (χ4n) is 3.38. The molecule has 27 heavy (non-hydrogen) atoms. The van der Waals surface area contributed by atoms with Crippen LogP contribution in [-0.2, 0) is 21.4 Å². The van der Waals surface area contributed by atoms with Gasteiger partial charge in [0.05, 0.1) is 11.4 Å². The molecule has 0 bridgehead atoms. The van der Waals surface area contributed by atoms with E-state index in [9.17, 15) is 13.2 Å². The lowest BCUT2D eigenvalue weighted by molar-refractivity contribution is -0.122. The molecular weight excluding hydrogens is 360 g/mol. The molecule has 144 valence electrons. The van der Waals surface area contributed by atoms with Gasteiger partial charge in [0.1, 0.15) is 0 Å². The van der Waals surface area contributed by atoms with Crippen molar-refractivity contribution in [1.82, 2.24) is 9.62 Å². The van der Waals surface area contributed by atoms with Crippen LogP contribution in [0.1, 0.15) is 36.8 Å². The molecule has 0 heterocycles. The number of sulfonamides is 1. The fourth-order valence-corrected chi connectivity index (χ4v) is 4.76. The van der Waals surface area contributed by atoms with Gasteiger partial charge in [-0.05, 0) is 37.5 Å². The molecule has 0 radical (unpaired) electrons. The number of nitrogens with one attached hydrogen (secondary N) is 1. The van der Waals surface area contributed by atoms with Crippen LogP contribution in [-0.4, -0.2) is 31.2 Å². The van der Waals surface area contributed by atoms with Crippen molar-refractivity contribution in [3.8, 4) is 0 Å². The summed E-state index contributed by atoms with van der Waals surface area (Å²) in [5.41, 5.74) is 1.84. The zero-order valence-electron chi connectivity index (χ0n) is 15.6.